The fourth-order valence-electron chi connectivity index (χ4n) is 2.19. The van der Waals surface area contributed by atoms with Gasteiger partial charge in [0.2, 0.25) is 0 Å². The molecule has 5 heteroatoms. The zero-order valence-corrected chi connectivity index (χ0v) is 10.2. The average Bonchev–Trinajstić information content (AvgIpc) is 2.35. The summed E-state index contributed by atoms with van der Waals surface area (Å²) < 4.78 is 0. The number of hydrogen-bond acceptors (Lipinski definition) is 4. The number of rotatable bonds is 1. The Labute approximate surface area is 105 Å². The summed E-state index contributed by atoms with van der Waals surface area (Å²) in [6.07, 6.45) is 0.152. The molecule has 1 aromatic rings. The van der Waals surface area contributed by atoms with E-state index in [1.165, 1.54) is 18.2 Å². The molecule has 18 heavy (non-hydrogen) atoms. The molecule has 1 saturated heterocycles. The van der Waals surface area contributed by atoms with Crippen LogP contribution in [0.4, 0.5) is 0 Å². The lowest BCUT2D eigenvalue weighted by molar-refractivity contribution is 0.0296. The number of para-hydroxylation sites is 1. The van der Waals surface area contributed by atoms with Crippen molar-refractivity contribution >= 4 is 5.91 Å². The third kappa shape index (κ3) is 2.26. The maximum absolute atomic E-state index is 12.2. The number of piperidine rings is 1. The Kier molecular flexibility index (Phi) is 3.43. The molecule has 0 spiro atoms. The van der Waals surface area contributed by atoms with E-state index < -0.39 is 0 Å². The molecule has 5 nitrogen and oxygen atoms in total. The maximum atomic E-state index is 12.2. The molecule has 1 amide bonds. The van der Waals surface area contributed by atoms with Crippen molar-refractivity contribution < 1.29 is 20.1 Å². The van der Waals surface area contributed by atoms with E-state index >= 15 is 0 Å². The van der Waals surface area contributed by atoms with E-state index in [9.17, 15) is 20.1 Å². The number of amides is 1. The Morgan fingerprint density at radius 3 is 2.78 bits per heavy atom. The van der Waals surface area contributed by atoms with Gasteiger partial charge >= 0.3 is 0 Å². The minimum atomic E-state index is -0.388. The smallest absolute Gasteiger partial charge is 0.257 e. The van der Waals surface area contributed by atoms with Crippen LogP contribution in [0.15, 0.2) is 18.2 Å². The molecule has 98 valence electrons. The molecule has 2 rings (SSSR count). The largest absolute Gasteiger partial charge is 0.504 e. The van der Waals surface area contributed by atoms with Gasteiger partial charge in [-0.25, -0.2) is 0 Å². The van der Waals surface area contributed by atoms with Crippen molar-refractivity contribution in [2.75, 3.05) is 13.1 Å². The number of carbonyl (C=O) groups is 1. The van der Waals surface area contributed by atoms with Crippen LogP contribution in [0, 0.1) is 5.92 Å². The molecule has 2 unspecified atom stereocenters. The van der Waals surface area contributed by atoms with Gasteiger partial charge in [-0.3, -0.25) is 4.79 Å². The van der Waals surface area contributed by atoms with Gasteiger partial charge < -0.3 is 20.2 Å². The Morgan fingerprint density at radius 2 is 2.11 bits per heavy atom. The van der Waals surface area contributed by atoms with Crippen LogP contribution in [-0.2, 0) is 0 Å². The van der Waals surface area contributed by atoms with E-state index in [-0.39, 0.29) is 35.0 Å². The molecular weight excluding hydrogens is 234 g/mol. The summed E-state index contributed by atoms with van der Waals surface area (Å²) in [5.74, 6) is -0.989. The molecule has 0 saturated carbocycles. The molecular formula is C13H17NO4. The van der Waals surface area contributed by atoms with Crippen LogP contribution in [0.3, 0.4) is 0 Å². The third-order valence-corrected chi connectivity index (χ3v) is 3.39. The normalized spacial score (nSPS) is 24.0. The van der Waals surface area contributed by atoms with Crippen LogP contribution in [0.1, 0.15) is 23.7 Å². The van der Waals surface area contributed by atoms with Gasteiger partial charge in [0.25, 0.3) is 5.91 Å². The Bertz CT molecular complexity index is 460. The number of hydrogen-bond donors (Lipinski definition) is 3. The van der Waals surface area contributed by atoms with E-state index in [1.54, 1.807) is 4.90 Å². The van der Waals surface area contributed by atoms with Gasteiger partial charge in [0.15, 0.2) is 11.5 Å². The van der Waals surface area contributed by atoms with Crippen molar-refractivity contribution in [2.45, 2.75) is 19.4 Å². The molecule has 1 heterocycles. The predicted molar refractivity (Wildman–Crippen MR) is 65.5 cm³/mol. The van der Waals surface area contributed by atoms with Gasteiger partial charge in [-0.15, -0.1) is 0 Å². The summed E-state index contributed by atoms with van der Waals surface area (Å²) in [6, 6.07) is 4.33. The van der Waals surface area contributed by atoms with Crippen molar-refractivity contribution in [1.82, 2.24) is 4.90 Å². The first-order chi connectivity index (χ1) is 8.50. The number of aliphatic hydroxyl groups excluding tert-OH is 1. The lowest BCUT2D eigenvalue weighted by Gasteiger charge is -2.34. The molecule has 1 fully saturated rings. The van der Waals surface area contributed by atoms with Gasteiger partial charge in [0.05, 0.1) is 11.7 Å². The molecule has 1 aromatic carbocycles. The maximum Gasteiger partial charge on any atom is 0.257 e. The zero-order chi connectivity index (χ0) is 13.3. The number of aliphatic hydroxyl groups is 1. The third-order valence-electron chi connectivity index (χ3n) is 3.39. The lowest BCUT2D eigenvalue weighted by Crippen LogP contribution is -2.44. The molecule has 1 aliphatic rings. The standard InChI is InChI=1S/C13H17NO4/c1-8-7-14(6-5-10(8)15)13(18)9-3-2-4-11(16)12(9)17/h2-4,8,10,15-17H,5-7H2,1H3. The Morgan fingerprint density at radius 1 is 1.39 bits per heavy atom. The van der Waals surface area contributed by atoms with Crippen molar-refractivity contribution in [3.05, 3.63) is 23.8 Å². The molecule has 1 aliphatic heterocycles. The summed E-state index contributed by atoms with van der Waals surface area (Å²) in [4.78, 5) is 13.8. The second-order valence-electron chi connectivity index (χ2n) is 4.76. The summed E-state index contributed by atoms with van der Waals surface area (Å²) in [7, 11) is 0. The van der Waals surface area contributed by atoms with Gasteiger partial charge in [-0.05, 0) is 24.5 Å². The van der Waals surface area contributed by atoms with Crippen LogP contribution < -0.4 is 0 Å². The van der Waals surface area contributed by atoms with E-state index in [1.807, 2.05) is 6.92 Å². The van der Waals surface area contributed by atoms with Crippen LogP contribution >= 0.6 is 0 Å². The van der Waals surface area contributed by atoms with E-state index in [0.29, 0.717) is 19.5 Å². The predicted octanol–water partition coefficient (Wildman–Crippen LogP) is 0.941. The van der Waals surface area contributed by atoms with Crippen molar-refractivity contribution in [3.63, 3.8) is 0 Å². The zero-order valence-electron chi connectivity index (χ0n) is 10.2. The van der Waals surface area contributed by atoms with Gasteiger partial charge in [-0.2, -0.15) is 0 Å². The van der Waals surface area contributed by atoms with E-state index in [0.717, 1.165) is 0 Å². The average molecular weight is 251 g/mol. The lowest BCUT2D eigenvalue weighted by atomic mass is 9.96. The van der Waals surface area contributed by atoms with Gasteiger partial charge in [0.1, 0.15) is 0 Å². The summed E-state index contributed by atoms with van der Waals surface area (Å²) in [6.45, 7) is 2.79. The number of aromatic hydroxyl groups is 2. The van der Waals surface area contributed by atoms with E-state index in [4.69, 9.17) is 0 Å². The first-order valence-corrected chi connectivity index (χ1v) is 5.99. The minimum absolute atomic E-state index is 0.0159. The number of phenols is 2. The van der Waals surface area contributed by atoms with Gasteiger partial charge in [0, 0.05) is 13.1 Å². The molecule has 2 atom stereocenters. The van der Waals surface area contributed by atoms with Crippen LogP contribution in [-0.4, -0.2) is 45.3 Å². The highest BCUT2D eigenvalue weighted by atomic mass is 16.3. The first-order valence-electron chi connectivity index (χ1n) is 5.99. The minimum Gasteiger partial charge on any atom is -0.504 e. The Balaban J connectivity index is 2.19. The number of likely N-dealkylation sites (tertiary alicyclic amines) is 1. The monoisotopic (exact) mass is 251 g/mol. The van der Waals surface area contributed by atoms with Crippen LogP contribution in [0.5, 0.6) is 11.5 Å². The van der Waals surface area contributed by atoms with Crippen molar-refractivity contribution in [3.8, 4) is 11.5 Å². The fraction of sp³-hybridized carbons (Fsp3) is 0.462. The van der Waals surface area contributed by atoms with Crippen molar-refractivity contribution in [1.29, 1.82) is 0 Å². The second-order valence-corrected chi connectivity index (χ2v) is 4.76. The van der Waals surface area contributed by atoms with Gasteiger partial charge in [-0.1, -0.05) is 13.0 Å². The quantitative estimate of drug-likeness (QED) is 0.649. The molecule has 3 N–H and O–H groups in total. The second kappa shape index (κ2) is 4.86. The fourth-order valence-corrected chi connectivity index (χ4v) is 2.19. The number of nitrogens with zero attached hydrogens (tertiary/aromatic N) is 1. The van der Waals surface area contributed by atoms with Crippen LogP contribution in [0.2, 0.25) is 0 Å². The molecule has 0 aliphatic carbocycles. The molecule has 0 aromatic heterocycles. The number of carbonyl (C=O) groups excluding carboxylic acids is 1. The topological polar surface area (TPSA) is 81.0 Å². The highest BCUT2D eigenvalue weighted by molar-refractivity contribution is 5.97. The van der Waals surface area contributed by atoms with Crippen LogP contribution in [0.25, 0.3) is 0 Å². The summed E-state index contributed by atoms with van der Waals surface area (Å²) >= 11 is 0. The molecule has 0 bridgehead atoms. The highest BCUT2D eigenvalue weighted by Crippen LogP contribution is 2.30. The Hall–Kier alpha value is -1.75. The van der Waals surface area contributed by atoms with Crippen molar-refractivity contribution in [2.24, 2.45) is 5.92 Å². The summed E-state index contributed by atoms with van der Waals surface area (Å²) in [5.41, 5.74) is 0.0959. The number of phenolic OH excluding ortho intramolecular Hbond substituents is 2. The van der Waals surface area contributed by atoms with E-state index in [2.05, 4.69) is 0 Å². The summed E-state index contributed by atoms with van der Waals surface area (Å²) in [5, 5.41) is 28.7. The number of benzene rings is 1. The SMILES string of the molecule is CC1CN(C(=O)c2cccc(O)c2O)CCC1O. The highest BCUT2D eigenvalue weighted by Gasteiger charge is 2.29. The first kappa shape index (κ1) is 12.7. The molecule has 0 radical (unpaired) electrons.